The van der Waals surface area contributed by atoms with E-state index in [2.05, 4.69) is 5.32 Å². The van der Waals surface area contributed by atoms with Crippen molar-refractivity contribution in [1.29, 1.82) is 0 Å². The Bertz CT molecular complexity index is 938. The molecular weight excluding hydrogens is 358 g/mol. The third kappa shape index (κ3) is 4.74. The Kier molecular flexibility index (Phi) is 5.86. The minimum atomic E-state index is -4.24. The van der Waals surface area contributed by atoms with Gasteiger partial charge in [0.25, 0.3) is 0 Å². The van der Waals surface area contributed by atoms with Crippen molar-refractivity contribution in [2.24, 2.45) is 5.14 Å². The molecule has 26 heavy (non-hydrogen) atoms. The number of allylic oxidation sites excluding steroid dienone is 1. The molecule has 0 saturated heterocycles. The van der Waals surface area contributed by atoms with Crippen LogP contribution in [0.3, 0.4) is 0 Å². The van der Waals surface area contributed by atoms with Gasteiger partial charge in [0.1, 0.15) is 10.6 Å². The van der Waals surface area contributed by atoms with Gasteiger partial charge in [0.05, 0.1) is 11.3 Å². The summed E-state index contributed by atoms with van der Waals surface area (Å²) < 4.78 is 29.7. The van der Waals surface area contributed by atoms with Crippen LogP contribution in [0.5, 0.6) is 11.5 Å². The molecule has 2 aromatic rings. The molecule has 8 nitrogen and oxygen atoms in total. The summed E-state index contributed by atoms with van der Waals surface area (Å²) in [5.74, 6) is -1.06. The second kappa shape index (κ2) is 7.89. The van der Waals surface area contributed by atoms with E-state index in [9.17, 15) is 18.3 Å². The van der Waals surface area contributed by atoms with E-state index < -0.39 is 20.9 Å². The number of hydrogen-bond acceptors (Lipinski definition) is 6. The average molecular weight is 377 g/mol. The van der Waals surface area contributed by atoms with Gasteiger partial charge >= 0.3 is 5.97 Å². The van der Waals surface area contributed by atoms with Gasteiger partial charge in [-0.25, -0.2) is 18.4 Å². The Morgan fingerprint density at radius 3 is 2.46 bits per heavy atom. The van der Waals surface area contributed by atoms with Gasteiger partial charge in [-0.3, -0.25) is 0 Å². The largest absolute Gasteiger partial charge is 0.478 e. The maximum atomic E-state index is 12.0. The summed E-state index contributed by atoms with van der Waals surface area (Å²) in [6.07, 6.45) is 3.56. The number of rotatable bonds is 7. The van der Waals surface area contributed by atoms with E-state index in [4.69, 9.17) is 15.6 Å². The first-order valence-electron chi connectivity index (χ1n) is 7.55. The molecule has 0 fully saturated rings. The Morgan fingerprint density at radius 2 is 1.92 bits per heavy atom. The molecule has 0 aromatic heterocycles. The number of nitrogens with one attached hydrogen (secondary N) is 1. The zero-order chi connectivity index (χ0) is 19.3. The second-order valence-electron chi connectivity index (χ2n) is 5.32. The number of primary sulfonamides is 1. The highest BCUT2D eigenvalue weighted by Crippen LogP contribution is 2.37. The first kappa shape index (κ1) is 19.3. The van der Waals surface area contributed by atoms with Crippen LogP contribution in [-0.4, -0.2) is 26.0 Å². The maximum Gasteiger partial charge on any atom is 0.335 e. The average Bonchev–Trinajstić information content (AvgIpc) is 2.57. The molecule has 0 aliphatic heterocycles. The zero-order valence-corrected chi connectivity index (χ0v) is 14.8. The van der Waals surface area contributed by atoms with E-state index >= 15 is 0 Å². The zero-order valence-electron chi connectivity index (χ0n) is 14.0. The lowest BCUT2D eigenvalue weighted by atomic mass is 10.1. The first-order valence-corrected chi connectivity index (χ1v) is 9.09. The van der Waals surface area contributed by atoms with E-state index in [0.29, 0.717) is 18.0 Å². The molecule has 0 unspecified atom stereocenters. The molecule has 9 heteroatoms. The third-order valence-corrected chi connectivity index (χ3v) is 4.27. The van der Waals surface area contributed by atoms with E-state index in [0.717, 1.165) is 6.07 Å². The fraction of sp³-hybridized carbons (Fsp3) is 0.118. The van der Waals surface area contributed by atoms with Crippen molar-refractivity contribution in [3.63, 3.8) is 0 Å². The molecule has 0 aliphatic rings. The van der Waals surface area contributed by atoms with Crippen molar-refractivity contribution in [3.8, 4) is 11.5 Å². The highest BCUT2D eigenvalue weighted by atomic mass is 32.2. The minimum absolute atomic E-state index is 0.0909. The molecule has 2 rings (SSSR count). The number of ether oxygens (including phenoxy) is 1. The van der Waals surface area contributed by atoms with Crippen LogP contribution in [-0.2, 0) is 10.0 Å². The fourth-order valence-electron chi connectivity index (χ4n) is 2.11. The number of anilines is 2. The third-order valence-electron chi connectivity index (χ3n) is 3.35. The Hall–Kier alpha value is -3.04. The van der Waals surface area contributed by atoms with Gasteiger partial charge in [0.15, 0.2) is 5.75 Å². The van der Waals surface area contributed by atoms with Crippen molar-refractivity contribution >= 4 is 27.4 Å². The van der Waals surface area contributed by atoms with Crippen LogP contribution in [0.25, 0.3) is 0 Å². The minimum Gasteiger partial charge on any atom is -0.478 e. The number of nitrogen functional groups attached to an aromatic ring is 1. The first-order chi connectivity index (χ1) is 12.2. The highest BCUT2D eigenvalue weighted by molar-refractivity contribution is 7.89. The normalized spacial score (nSPS) is 11.5. The summed E-state index contributed by atoms with van der Waals surface area (Å²) in [7, 11) is -4.24. The summed E-state index contributed by atoms with van der Waals surface area (Å²) in [6, 6.07) is 8.54. The number of nitrogens with two attached hydrogens (primary N) is 2. The summed E-state index contributed by atoms with van der Waals surface area (Å²) in [5.41, 5.74) is 6.09. The van der Waals surface area contributed by atoms with Crippen LogP contribution >= 0.6 is 0 Å². The SMILES string of the molecule is CC=CCNc1cc(C(=O)O)cc(S(N)(=O)=O)c1Oc1ccc(N)cc1. The quantitative estimate of drug-likeness (QED) is 0.428. The summed E-state index contributed by atoms with van der Waals surface area (Å²) in [6.45, 7) is 2.15. The molecule has 0 bridgehead atoms. The summed E-state index contributed by atoms with van der Waals surface area (Å²) in [5, 5.41) is 17.4. The van der Waals surface area contributed by atoms with Crippen LogP contribution in [0.4, 0.5) is 11.4 Å². The topological polar surface area (TPSA) is 145 Å². The van der Waals surface area contributed by atoms with Gasteiger partial charge in [-0.05, 0) is 43.3 Å². The van der Waals surface area contributed by atoms with Crippen LogP contribution < -0.4 is 20.9 Å². The van der Waals surface area contributed by atoms with Gasteiger partial charge in [-0.1, -0.05) is 12.2 Å². The predicted octanol–water partition coefficient (Wildman–Crippen LogP) is 2.39. The lowest BCUT2D eigenvalue weighted by molar-refractivity contribution is 0.0696. The Labute approximate surface area is 151 Å². The van der Waals surface area contributed by atoms with Crippen LogP contribution in [0.2, 0.25) is 0 Å². The standard InChI is InChI=1S/C17H19N3O5S/c1-2-3-8-20-14-9-11(17(21)22)10-15(26(19,23)24)16(14)25-13-6-4-12(18)5-7-13/h2-7,9-10,20H,8,18H2,1H3,(H,21,22)(H2,19,23,24). The number of benzene rings is 2. The molecule has 0 radical (unpaired) electrons. The summed E-state index contributed by atoms with van der Waals surface area (Å²) >= 11 is 0. The molecule has 0 aliphatic carbocycles. The molecule has 0 heterocycles. The molecule has 2 aromatic carbocycles. The lowest BCUT2D eigenvalue weighted by Crippen LogP contribution is -2.16. The van der Waals surface area contributed by atoms with E-state index in [1.165, 1.54) is 6.07 Å². The molecule has 0 saturated carbocycles. The van der Waals surface area contributed by atoms with Crippen LogP contribution in [0, 0.1) is 0 Å². The van der Waals surface area contributed by atoms with E-state index in [-0.39, 0.29) is 17.0 Å². The fourth-order valence-corrected chi connectivity index (χ4v) is 2.82. The molecule has 138 valence electrons. The number of carbonyl (C=O) groups is 1. The van der Waals surface area contributed by atoms with Gasteiger partial charge < -0.3 is 20.9 Å². The van der Waals surface area contributed by atoms with Crippen LogP contribution in [0.15, 0.2) is 53.4 Å². The van der Waals surface area contributed by atoms with E-state index in [1.807, 2.05) is 6.92 Å². The molecule has 0 spiro atoms. The molecular formula is C17H19N3O5S. The van der Waals surface area contributed by atoms with Gasteiger partial charge in [0, 0.05) is 12.2 Å². The number of carboxylic acids is 1. The van der Waals surface area contributed by atoms with Crippen molar-refractivity contribution in [3.05, 3.63) is 54.1 Å². The van der Waals surface area contributed by atoms with Gasteiger partial charge in [-0.15, -0.1) is 0 Å². The van der Waals surface area contributed by atoms with Crippen molar-refractivity contribution in [2.45, 2.75) is 11.8 Å². The van der Waals surface area contributed by atoms with Crippen molar-refractivity contribution < 1.29 is 23.1 Å². The van der Waals surface area contributed by atoms with Crippen LogP contribution in [0.1, 0.15) is 17.3 Å². The number of aromatic carboxylic acids is 1. The molecule has 6 N–H and O–H groups in total. The van der Waals surface area contributed by atoms with Gasteiger partial charge in [-0.2, -0.15) is 0 Å². The van der Waals surface area contributed by atoms with Gasteiger partial charge in [0.2, 0.25) is 10.0 Å². The molecule has 0 amide bonds. The number of sulfonamides is 1. The Balaban J connectivity index is 2.62. The monoisotopic (exact) mass is 377 g/mol. The smallest absolute Gasteiger partial charge is 0.335 e. The molecule has 0 atom stereocenters. The highest BCUT2D eigenvalue weighted by Gasteiger charge is 2.23. The Morgan fingerprint density at radius 1 is 1.27 bits per heavy atom. The maximum absolute atomic E-state index is 12.0. The summed E-state index contributed by atoms with van der Waals surface area (Å²) in [4.78, 5) is 10.9. The van der Waals surface area contributed by atoms with E-state index in [1.54, 1.807) is 36.4 Å². The van der Waals surface area contributed by atoms with Crippen molar-refractivity contribution in [2.75, 3.05) is 17.6 Å². The number of carboxylic acid groups (broad SMARTS) is 1. The predicted molar refractivity (Wildman–Crippen MR) is 99.0 cm³/mol. The number of hydrogen-bond donors (Lipinski definition) is 4. The lowest BCUT2D eigenvalue weighted by Gasteiger charge is -2.16. The second-order valence-corrected chi connectivity index (χ2v) is 6.85. The van der Waals surface area contributed by atoms with Crippen molar-refractivity contribution in [1.82, 2.24) is 0 Å².